The molecule has 0 unspecified atom stereocenters. The minimum Gasteiger partial charge on any atom is -0.486 e. The molecule has 2 aromatic rings. The third-order valence-corrected chi connectivity index (χ3v) is 5.41. The number of rotatable bonds is 4. The second-order valence-corrected chi connectivity index (χ2v) is 7.35. The number of nitrogens with one attached hydrogen (secondary N) is 1. The number of amides is 1. The predicted molar refractivity (Wildman–Crippen MR) is 106 cm³/mol. The molecule has 1 N–H and O–H groups in total. The van der Waals surface area contributed by atoms with Crippen molar-refractivity contribution in [3.8, 4) is 11.5 Å². The summed E-state index contributed by atoms with van der Waals surface area (Å²) in [6.45, 7) is 6.56. The lowest BCUT2D eigenvalue weighted by atomic mass is 10.0. The molecule has 0 saturated carbocycles. The van der Waals surface area contributed by atoms with Crippen molar-refractivity contribution in [3.63, 3.8) is 0 Å². The first-order valence-corrected chi connectivity index (χ1v) is 9.61. The zero-order valence-corrected chi connectivity index (χ0v) is 16.0. The van der Waals surface area contributed by atoms with Gasteiger partial charge in [0.25, 0.3) is 0 Å². The van der Waals surface area contributed by atoms with E-state index in [1.165, 1.54) is 5.56 Å². The Morgan fingerprint density at radius 1 is 1.11 bits per heavy atom. The number of anilines is 1. The van der Waals surface area contributed by atoms with Crippen LogP contribution in [0.25, 0.3) is 0 Å². The van der Waals surface area contributed by atoms with E-state index in [0.717, 1.165) is 47.7 Å². The summed E-state index contributed by atoms with van der Waals surface area (Å²) in [7, 11) is 0. The number of para-hydroxylation sites is 1. The molecule has 0 aliphatic carbocycles. The van der Waals surface area contributed by atoms with Crippen LogP contribution in [0.1, 0.15) is 35.6 Å². The van der Waals surface area contributed by atoms with Crippen molar-refractivity contribution in [2.24, 2.45) is 0 Å². The Bertz CT molecular complexity index is 829. The molecule has 27 heavy (non-hydrogen) atoms. The number of hydrogen-bond acceptors (Lipinski definition) is 4. The van der Waals surface area contributed by atoms with Gasteiger partial charge in [0, 0.05) is 11.7 Å². The summed E-state index contributed by atoms with van der Waals surface area (Å²) >= 11 is 0. The van der Waals surface area contributed by atoms with E-state index in [1.54, 1.807) is 0 Å². The van der Waals surface area contributed by atoms with Crippen LogP contribution in [0.5, 0.6) is 11.5 Å². The van der Waals surface area contributed by atoms with Gasteiger partial charge in [-0.05, 0) is 62.1 Å². The topological polar surface area (TPSA) is 50.8 Å². The number of fused-ring (bicyclic) bond motifs is 1. The number of nitrogens with zero attached hydrogens (tertiary/aromatic N) is 1. The molecule has 0 spiro atoms. The van der Waals surface area contributed by atoms with Gasteiger partial charge < -0.3 is 14.8 Å². The molecule has 2 heterocycles. The quantitative estimate of drug-likeness (QED) is 0.893. The Kier molecular flexibility index (Phi) is 5.03. The molecule has 142 valence electrons. The molecule has 5 heteroatoms. The summed E-state index contributed by atoms with van der Waals surface area (Å²) in [5.74, 6) is 1.66. The molecule has 0 radical (unpaired) electrons. The third-order valence-electron chi connectivity index (χ3n) is 5.41. The van der Waals surface area contributed by atoms with Crippen molar-refractivity contribution in [2.45, 2.75) is 32.7 Å². The lowest BCUT2D eigenvalue weighted by molar-refractivity contribution is -0.117. The molecule has 5 nitrogen and oxygen atoms in total. The minimum atomic E-state index is 0.0387. The number of benzene rings is 2. The Labute approximate surface area is 160 Å². The molecule has 2 aromatic carbocycles. The van der Waals surface area contributed by atoms with Gasteiger partial charge in [-0.25, -0.2) is 0 Å². The highest BCUT2D eigenvalue weighted by atomic mass is 16.6. The van der Waals surface area contributed by atoms with E-state index in [2.05, 4.69) is 22.3 Å². The van der Waals surface area contributed by atoms with Crippen LogP contribution in [0.3, 0.4) is 0 Å². The van der Waals surface area contributed by atoms with Gasteiger partial charge in [-0.15, -0.1) is 0 Å². The number of carbonyl (C=O) groups excluding carboxylic acids is 1. The lowest BCUT2D eigenvalue weighted by Crippen LogP contribution is -2.33. The van der Waals surface area contributed by atoms with Crippen LogP contribution in [-0.2, 0) is 4.79 Å². The average molecular weight is 366 g/mol. The number of ether oxygens (including phenoxy) is 2. The maximum absolute atomic E-state index is 12.7. The van der Waals surface area contributed by atoms with E-state index < -0.39 is 0 Å². The average Bonchev–Trinajstić information content (AvgIpc) is 3.12. The van der Waals surface area contributed by atoms with Gasteiger partial charge in [0.15, 0.2) is 11.5 Å². The van der Waals surface area contributed by atoms with Crippen LogP contribution in [0.2, 0.25) is 0 Å². The number of aryl methyl sites for hydroxylation is 2. The second-order valence-electron chi connectivity index (χ2n) is 7.35. The van der Waals surface area contributed by atoms with Crippen LogP contribution >= 0.6 is 0 Å². The maximum atomic E-state index is 12.7. The Morgan fingerprint density at radius 2 is 1.85 bits per heavy atom. The van der Waals surface area contributed by atoms with E-state index in [9.17, 15) is 4.79 Å². The SMILES string of the molecule is Cc1cccc(C)c1NC(=O)CN1CCC[C@H]1c1ccc2c(c1)OCCO2. The van der Waals surface area contributed by atoms with Crippen LogP contribution in [0.15, 0.2) is 36.4 Å². The van der Waals surface area contributed by atoms with Gasteiger partial charge in [-0.3, -0.25) is 9.69 Å². The molecule has 4 rings (SSSR count). The highest BCUT2D eigenvalue weighted by Gasteiger charge is 2.29. The van der Waals surface area contributed by atoms with Crippen molar-refractivity contribution >= 4 is 11.6 Å². The fourth-order valence-electron chi connectivity index (χ4n) is 4.04. The highest BCUT2D eigenvalue weighted by Crippen LogP contribution is 2.38. The minimum absolute atomic E-state index is 0.0387. The summed E-state index contributed by atoms with van der Waals surface area (Å²) in [5, 5.41) is 3.10. The molecular weight excluding hydrogens is 340 g/mol. The largest absolute Gasteiger partial charge is 0.486 e. The molecule has 0 bridgehead atoms. The third kappa shape index (κ3) is 3.78. The van der Waals surface area contributed by atoms with Crippen LogP contribution in [0, 0.1) is 13.8 Å². The van der Waals surface area contributed by atoms with Crippen molar-refractivity contribution < 1.29 is 14.3 Å². The summed E-state index contributed by atoms with van der Waals surface area (Å²) in [6, 6.07) is 12.5. The van der Waals surface area contributed by atoms with Gasteiger partial charge in [-0.1, -0.05) is 24.3 Å². The van der Waals surface area contributed by atoms with Crippen LogP contribution < -0.4 is 14.8 Å². The molecule has 0 aromatic heterocycles. The van der Waals surface area contributed by atoms with E-state index in [4.69, 9.17) is 9.47 Å². The van der Waals surface area contributed by atoms with Crippen molar-refractivity contribution in [1.29, 1.82) is 0 Å². The van der Waals surface area contributed by atoms with Gasteiger partial charge in [0.2, 0.25) is 5.91 Å². The van der Waals surface area contributed by atoms with E-state index in [1.807, 2.05) is 38.1 Å². The first-order valence-electron chi connectivity index (χ1n) is 9.61. The summed E-state index contributed by atoms with van der Waals surface area (Å²) in [4.78, 5) is 14.9. The first kappa shape index (κ1) is 17.9. The molecule has 1 saturated heterocycles. The van der Waals surface area contributed by atoms with Crippen molar-refractivity contribution in [3.05, 3.63) is 53.1 Å². The summed E-state index contributed by atoms with van der Waals surface area (Å²) < 4.78 is 11.3. The van der Waals surface area contributed by atoms with E-state index in [0.29, 0.717) is 19.8 Å². The van der Waals surface area contributed by atoms with E-state index >= 15 is 0 Å². The van der Waals surface area contributed by atoms with Crippen LogP contribution in [0.4, 0.5) is 5.69 Å². The molecular formula is C22H26N2O3. The molecule has 1 fully saturated rings. The van der Waals surface area contributed by atoms with Gasteiger partial charge >= 0.3 is 0 Å². The predicted octanol–water partition coefficient (Wildman–Crippen LogP) is 3.85. The number of hydrogen-bond donors (Lipinski definition) is 1. The highest BCUT2D eigenvalue weighted by molar-refractivity contribution is 5.93. The summed E-state index contributed by atoms with van der Waals surface area (Å²) in [5.41, 5.74) is 4.30. The zero-order valence-electron chi connectivity index (χ0n) is 16.0. The normalized spacial score (nSPS) is 19.1. The van der Waals surface area contributed by atoms with Gasteiger partial charge in [0.1, 0.15) is 13.2 Å². The zero-order chi connectivity index (χ0) is 18.8. The Balaban J connectivity index is 1.46. The Hall–Kier alpha value is -2.53. The maximum Gasteiger partial charge on any atom is 0.238 e. The fraction of sp³-hybridized carbons (Fsp3) is 0.409. The smallest absolute Gasteiger partial charge is 0.238 e. The lowest BCUT2D eigenvalue weighted by Gasteiger charge is -2.26. The second kappa shape index (κ2) is 7.61. The molecule has 2 aliphatic rings. The van der Waals surface area contributed by atoms with Crippen molar-refractivity contribution in [2.75, 3.05) is 31.6 Å². The molecule has 1 atom stereocenters. The number of carbonyl (C=O) groups is 1. The van der Waals surface area contributed by atoms with E-state index in [-0.39, 0.29) is 11.9 Å². The molecule has 2 aliphatic heterocycles. The number of likely N-dealkylation sites (tertiary alicyclic amines) is 1. The van der Waals surface area contributed by atoms with Crippen molar-refractivity contribution in [1.82, 2.24) is 4.90 Å². The van der Waals surface area contributed by atoms with Crippen LogP contribution in [-0.4, -0.2) is 37.1 Å². The molecule has 1 amide bonds. The van der Waals surface area contributed by atoms with Gasteiger partial charge in [0.05, 0.1) is 6.54 Å². The standard InChI is InChI=1S/C22H26N2O3/c1-15-5-3-6-16(2)22(15)23-21(25)14-24-10-4-7-18(24)17-8-9-19-20(13-17)27-12-11-26-19/h3,5-6,8-9,13,18H,4,7,10-12,14H2,1-2H3,(H,23,25)/t18-/m0/s1. The fourth-order valence-corrected chi connectivity index (χ4v) is 4.04. The Morgan fingerprint density at radius 3 is 2.63 bits per heavy atom. The monoisotopic (exact) mass is 366 g/mol. The van der Waals surface area contributed by atoms with Gasteiger partial charge in [-0.2, -0.15) is 0 Å². The first-order chi connectivity index (χ1) is 13.1. The summed E-state index contributed by atoms with van der Waals surface area (Å²) in [6.07, 6.45) is 2.14.